The summed E-state index contributed by atoms with van der Waals surface area (Å²) in [6.45, 7) is 2.08. The number of benzene rings is 3. The van der Waals surface area contributed by atoms with Gasteiger partial charge in [0, 0.05) is 20.7 Å². The van der Waals surface area contributed by atoms with Crippen molar-refractivity contribution in [2.24, 2.45) is 0 Å². The molecule has 0 aliphatic carbocycles. The zero-order valence-electron chi connectivity index (χ0n) is 15.8. The maximum Gasteiger partial charge on any atom is 0.199 e. The summed E-state index contributed by atoms with van der Waals surface area (Å²) in [5, 5.41) is 0. The minimum absolute atomic E-state index is 0.0542. The molecule has 4 heteroatoms. The van der Waals surface area contributed by atoms with Crippen molar-refractivity contribution in [1.82, 2.24) is 0 Å². The van der Waals surface area contributed by atoms with Gasteiger partial charge in [-0.05, 0) is 66.8 Å². The molecule has 0 aliphatic rings. The predicted molar refractivity (Wildman–Crippen MR) is 127 cm³/mol. The number of Topliss-reactive ketones (excluding diaryl/α,β-unsaturated/α-hetero) is 1. The van der Waals surface area contributed by atoms with Crippen LogP contribution in [0, 0.1) is 6.92 Å². The zero-order valence-corrected chi connectivity index (χ0v) is 19.0. The third kappa shape index (κ3) is 5.87. The van der Waals surface area contributed by atoms with Gasteiger partial charge in [-0.25, -0.2) is 0 Å². The Labute approximate surface area is 183 Å². The van der Waals surface area contributed by atoms with E-state index in [1.165, 1.54) is 16.0 Å². The molecule has 142 valence electrons. The van der Waals surface area contributed by atoms with Gasteiger partial charge >= 0.3 is 0 Å². The van der Waals surface area contributed by atoms with Crippen molar-refractivity contribution >= 4 is 51.3 Å². The molecule has 0 fully saturated rings. The summed E-state index contributed by atoms with van der Waals surface area (Å²) < 4.78 is 0.967. The van der Waals surface area contributed by atoms with Gasteiger partial charge in [-0.3, -0.25) is 4.79 Å². The Balaban J connectivity index is 1.87. The van der Waals surface area contributed by atoms with Gasteiger partial charge in [-0.1, -0.05) is 57.9 Å². The van der Waals surface area contributed by atoms with Crippen molar-refractivity contribution in [3.8, 4) is 0 Å². The van der Waals surface area contributed by atoms with Crippen molar-refractivity contribution in [2.75, 3.05) is 6.26 Å². The number of carbonyl (C=O) groups is 1. The highest BCUT2D eigenvalue weighted by Crippen LogP contribution is 2.28. The molecule has 3 aromatic rings. The number of halogens is 1. The van der Waals surface area contributed by atoms with Crippen LogP contribution in [0.5, 0.6) is 0 Å². The van der Waals surface area contributed by atoms with Gasteiger partial charge in [0.25, 0.3) is 0 Å². The number of carbonyl (C=O) groups excluding carboxylic acids is 1. The molecule has 0 saturated carbocycles. The highest BCUT2D eigenvalue weighted by molar-refractivity contribution is 9.10. The van der Waals surface area contributed by atoms with E-state index in [1.807, 2.05) is 30.3 Å². The largest absolute Gasteiger partial charge is 0.288 e. The van der Waals surface area contributed by atoms with Crippen LogP contribution < -0.4 is 0 Å². The molecule has 0 N–H and O–H groups in total. The molecule has 0 saturated heterocycles. The molecule has 3 rings (SSSR count). The van der Waals surface area contributed by atoms with Crippen molar-refractivity contribution in [1.29, 1.82) is 0 Å². The maximum absolute atomic E-state index is 13.2. The zero-order chi connectivity index (χ0) is 19.9. The van der Waals surface area contributed by atoms with Crippen molar-refractivity contribution in [3.05, 3.63) is 104 Å². The Bertz CT molecular complexity index is 959. The number of hydrogen-bond acceptors (Lipinski definition) is 3. The second-order valence-corrected chi connectivity index (χ2v) is 9.20. The van der Waals surface area contributed by atoms with Gasteiger partial charge in [0.05, 0.1) is 4.91 Å². The molecule has 0 bridgehead atoms. The lowest BCUT2D eigenvalue weighted by Gasteiger charge is -2.09. The van der Waals surface area contributed by atoms with Gasteiger partial charge in [0.15, 0.2) is 5.78 Å². The molecule has 0 amide bonds. The van der Waals surface area contributed by atoms with Crippen LogP contribution in [0.1, 0.15) is 27.0 Å². The number of ketones is 1. The van der Waals surface area contributed by atoms with Crippen molar-refractivity contribution in [3.63, 3.8) is 0 Å². The van der Waals surface area contributed by atoms with E-state index in [0.717, 1.165) is 20.7 Å². The van der Waals surface area contributed by atoms with Crippen LogP contribution in [0.4, 0.5) is 0 Å². The number of hydrogen-bond donors (Lipinski definition) is 0. The van der Waals surface area contributed by atoms with E-state index >= 15 is 0 Å². The number of thioether (sulfide) groups is 2. The fraction of sp³-hybridized carbons (Fsp3) is 0.125. The highest BCUT2D eigenvalue weighted by Gasteiger charge is 2.14. The van der Waals surface area contributed by atoms with E-state index < -0.39 is 0 Å². The summed E-state index contributed by atoms with van der Waals surface area (Å²) in [6.07, 6.45) is 4.05. The third-order valence-corrected chi connectivity index (χ3v) is 6.62. The second kappa shape index (κ2) is 10.1. The first kappa shape index (κ1) is 21.0. The van der Waals surface area contributed by atoms with Gasteiger partial charge < -0.3 is 0 Å². The smallest absolute Gasteiger partial charge is 0.199 e. The molecule has 0 unspecified atom stereocenters. The number of rotatable bonds is 7. The molecule has 0 aliphatic heterocycles. The molecule has 28 heavy (non-hydrogen) atoms. The average Bonchev–Trinajstić information content (AvgIpc) is 2.73. The molecule has 1 nitrogen and oxygen atoms in total. The van der Waals surface area contributed by atoms with Crippen LogP contribution in [-0.2, 0) is 5.75 Å². The standard InChI is InChI=1S/C24H21BrOS2/c1-17-3-5-19(6-4-17)16-28-23(15-18-7-13-22(27-2)14-8-18)24(26)20-9-11-21(25)12-10-20/h3-15H,16H2,1-2H3/b23-15+. The molecule has 0 heterocycles. The van der Waals surface area contributed by atoms with Crippen LogP contribution >= 0.6 is 39.5 Å². The highest BCUT2D eigenvalue weighted by atomic mass is 79.9. The normalized spacial score (nSPS) is 11.5. The van der Waals surface area contributed by atoms with Gasteiger partial charge in [0.1, 0.15) is 0 Å². The molecule has 0 radical (unpaired) electrons. The van der Waals surface area contributed by atoms with Gasteiger partial charge in [0.2, 0.25) is 0 Å². The minimum Gasteiger partial charge on any atom is -0.288 e. The number of aryl methyl sites for hydroxylation is 1. The Kier molecular flexibility index (Phi) is 7.60. The Hall–Kier alpha value is -1.75. The first-order chi connectivity index (χ1) is 13.5. The van der Waals surface area contributed by atoms with Crippen LogP contribution in [-0.4, -0.2) is 12.0 Å². The summed E-state index contributed by atoms with van der Waals surface area (Å²) in [5.41, 5.74) is 4.19. The Morgan fingerprint density at radius 2 is 1.57 bits per heavy atom. The molecular formula is C24H21BrOS2. The van der Waals surface area contributed by atoms with E-state index in [0.29, 0.717) is 5.56 Å². The first-order valence-corrected chi connectivity index (χ1v) is 11.9. The Morgan fingerprint density at radius 1 is 0.929 bits per heavy atom. The molecular weight excluding hydrogens is 448 g/mol. The van der Waals surface area contributed by atoms with E-state index in [4.69, 9.17) is 0 Å². The summed E-state index contributed by atoms with van der Waals surface area (Å²) >= 11 is 6.73. The van der Waals surface area contributed by atoms with E-state index in [1.54, 1.807) is 23.5 Å². The van der Waals surface area contributed by atoms with Crippen LogP contribution in [0.3, 0.4) is 0 Å². The second-order valence-electron chi connectivity index (χ2n) is 6.39. The maximum atomic E-state index is 13.2. The summed E-state index contributed by atoms with van der Waals surface area (Å²) in [5.74, 6) is 0.815. The molecule has 3 aromatic carbocycles. The minimum atomic E-state index is 0.0542. The van der Waals surface area contributed by atoms with Gasteiger partial charge in [-0.2, -0.15) is 0 Å². The Morgan fingerprint density at radius 3 is 2.18 bits per heavy atom. The van der Waals surface area contributed by atoms with Crippen LogP contribution in [0.2, 0.25) is 0 Å². The summed E-state index contributed by atoms with van der Waals surface area (Å²) in [7, 11) is 0. The lowest BCUT2D eigenvalue weighted by atomic mass is 10.1. The first-order valence-electron chi connectivity index (χ1n) is 8.89. The lowest BCUT2D eigenvalue weighted by molar-refractivity contribution is 0.104. The summed E-state index contributed by atoms with van der Waals surface area (Å²) in [6, 6.07) is 24.3. The van der Waals surface area contributed by atoms with E-state index in [9.17, 15) is 4.79 Å². The fourth-order valence-corrected chi connectivity index (χ4v) is 4.27. The molecule has 0 aromatic heterocycles. The fourth-order valence-electron chi connectivity index (χ4n) is 2.61. The predicted octanol–water partition coefficient (Wildman–Crippen LogP) is 7.64. The van der Waals surface area contributed by atoms with E-state index in [-0.39, 0.29) is 5.78 Å². The average molecular weight is 469 g/mol. The van der Waals surface area contributed by atoms with Crippen molar-refractivity contribution in [2.45, 2.75) is 17.6 Å². The van der Waals surface area contributed by atoms with E-state index in [2.05, 4.69) is 77.6 Å². The van der Waals surface area contributed by atoms with Crippen LogP contribution in [0.15, 0.2) is 87.1 Å². The topological polar surface area (TPSA) is 17.1 Å². The van der Waals surface area contributed by atoms with Crippen LogP contribution in [0.25, 0.3) is 6.08 Å². The number of allylic oxidation sites excluding steroid dienone is 1. The summed E-state index contributed by atoms with van der Waals surface area (Å²) in [4.78, 5) is 15.1. The third-order valence-electron chi connectivity index (χ3n) is 4.26. The SMILES string of the molecule is CSc1ccc(/C=C(/SCc2ccc(C)cc2)C(=O)c2ccc(Br)cc2)cc1. The van der Waals surface area contributed by atoms with Crippen molar-refractivity contribution < 1.29 is 4.79 Å². The molecule has 0 spiro atoms. The van der Waals surface area contributed by atoms with Gasteiger partial charge in [-0.15, -0.1) is 23.5 Å². The quantitative estimate of drug-likeness (QED) is 0.201. The monoisotopic (exact) mass is 468 g/mol. The molecule has 0 atom stereocenters. The lowest BCUT2D eigenvalue weighted by Crippen LogP contribution is -2.01.